The van der Waals surface area contributed by atoms with Crippen LogP contribution in [0.2, 0.25) is 0 Å². The Morgan fingerprint density at radius 3 is 1.92 bits per heavy atom. The van der Waals surface area contributed by atoms with E-state index in [2.05, 4.69) is 66.7 Å². The van der Waals surface area contributed by atoms with Gasteiger partial charge >= 0.3 is 0 Å². The van der Waals surface area contributed by atoms with Crippen LogP contribution in [0.1, 0.15) is 0 Å². The molecule has 116 valence electrons. The average molecular weight is 346 g/mol. The highest BCUT2D eigenvalue weighted by Gasteiger charge is 2.21. The summed E-state index contributed by atoms with van der Waals surface area (Å²) in [5.74, 6) is 0. The molecule has 5 rings (SSSR count). The van der Waals surface area contributed by atoms with E-state index in [1.807, 2.05) is 6.07 Å². The SMILES string of the molecule is O=S1CSc2cc3ccccc3cc2-c2cc3ccccc3cc21. The van der Waals surface area contributed by atoms with Crippen molar-refractivity contribution in [3.63, 3.8) is 0 Å². The van der Waals surface area contributed by atoms with Crippen LogP contribution in [0.3, 0.4) is 0 Å². The maximum Gasteiger partial charge on any atom is 0.0786 e. The molecule has 0 fully saturated rings. The number of fused-ring (bicyclic) bond motifs is 5. The lowest BCUT2D eigenvalue weighted by atomic mass is 9.98. The van der Waals surface area contributed by atoms with Crippen molar-refractivity contribution in [2.75, 3.05) is 5.08 Å². The van der Waals surface area contributed by atoms with Crippen LogP contribution in [0.25, 0.3) is 32.7 Å². The van der Waals surface area contributed by atoms with Gasteiger partial charge in [0.25, 0.3) is 0 Å². The zero-order valence-corrected chi connectivity index (χ0v) is 14.5. The molecule has 0 spiro atoms. The second-order valence-corrected chi connectivity index (χ2v) is 8.80. The molecule has 0 aliphatic carbocycles. The molecule has 1 atom stereocenters. The molecule has 1 aliphatic heterocycles. The van der Waals surface area contributed by atoms with E-state index in [0.29, 0.717) is 5.08 Å². The van der Waals surface area contributed by atoms with Crippen LogP contribution in [0.15, 0.2) is 82.6 Å². The largest absolute Gasteiger partial charge is 0.253 e. The molecule has 0 amide bonds. The first kappa shape index (κ1) is 14.3. The summed E-state index contributed by atoms with van der Waals surface area (Å²) in [6, 6.07) is 25.5. The Bertz CT molecular complexity index is 1130. The van der Waals surface area contributed by atoms with Crippen molar-refractivity contribution < 1.29 is 4.21 Å². The van der Waals surface area contributed by atoms with Gasteiger partial charge in [-0.15, -0.1) is 11.8 Å². The van der Waals surface area contributed by atoms with Crippen molar-refractivity contribution in [3.8, 4) is 11.1 Å². The first-order valence-electron chi connectivity index (χ1n) is 7.87. The Labute approximate surface area is 147 Å². The molecular weight excluding hydrogens is 332 g/mol. The highest BCUT2D eigenvalue weighted by atomic mass is 32.2. The maximum atomic E-state index is 12.8. The molecule has 4 aromatic carbocycles. The Kier molecular flexibility index (Phi) is 3.25. The van der Waals surface area contributed by atoms with E-state index in [-0.39, 0.29) is 0 Å². The zero-order chi connectivity index (χ0) is 16.1. The van der Waals surface area contributed by atoms with Gasteiger partial charge in [0.05, 0.1) is 15.9 Å². The van der Waals surface area contributed by atoms with Crippen LogP contribution in [-0.4, -0.2) is 9.29 Å². The lowest BCUT2D eigenvalue weighted by Gasteiger charge is -2.11. The van der Waals surface area contributed by atoms with Gasteiger partial charge in [0.1, 0.15) is 0 Å². The summed E-state index contributed by atoms with van der Waals surface area (Å²) in [6.07, 6.45) is 0. The third kappa shape index (κ3) is 2.20. The van der Waals surface area contributed by atoms with E-state index >= 15 is 0 Å². The Morgan fingerprint density at radius 2 is 1.25 bits per heavy atom. The van der Waals surface area contributed by atoms with E-state index in [1.54, 1.807) is 11.8 Å². The Balaban J connectivity index is 1.89. The van der Waals surface area contributed by atoms with Crippen LogP contribution >= 0.6 is 11.8 Å². The molecule has 0 saturated heterocycles. The smallest absolute Gasteiger partial charge is 0.0786 e. The van der Waals surface area contributed by atoms with Crippen molar-refractivity contribution in [1.29, 1.82) is 0 Å². The Morgan fingerprint density at radius 1 is 0.708 bits per heavy atom. The maximum absolute atomic E-state index is 12.8. The normalized spacial score (nSPS) is 16.6. The molecule has 24 heavy (non-hydrogen) atoms. The fourth-order valence-electron chi connectivity index (χ4n) is 3.35. The summed E-state index contributed by atoms with van der Waals surface area (Å²) in [4.78, 5) is 2.17. The molecule has 0 bridgehead atoms. The van der Waals surface area contributed by atoms with Crippen molar-refractivity contribution in [1.82, 2.24) is 0 Å². The number of hydrogen-bond acceptors (Lipinski definition) is 2. The molecule has 1 aliphatic rings. The molecule has 0 saturated carbocycles. The predicted octanol–water partition coefficient (Wildman–Crippen LogP) is 5.83. The van der Waals surface area contributed by atoms with Gasteiger partial charge in [0.15, 0.2) is 0 Å². The third-order valence-electron chi connectivity index (χ3n) is 4.55. The molecule has 0 N–H and O–H groups in total. The van der Waals surface area contributed by atoms with Crippen LogP contribution in [0.4, 0.5) is 0 Å². The molecule has 1 nitrogen and oxygen atoms in total. The van der Waals surface area contributed by atoms with Crippen LogP contribution in [-0.2, 0) is 10.8 Å². The van der Waals surface area contributed by atoms with Gasteiger partial charge in [-0.1, -0.05) is 48.5 Å². The minimum atomic E-state index is -0.989. The summed E-state index contributed by atoms with van der Waals surface area (Å²) in [7, 11) is -0.989. The predicted molar refractivity (Wildman–Crippen MR) is 104 cm³/mol. The molecule has 4 aromatic rings. The average Bonchev–Trinajstić information content (AvgIpc) is 2.76. The number of hydrogen-bond donors (Lipinski definition) is 0. The highest BCUT2D eigenvalue weighted by molar-refractivity contribution is 8.10. The summed E-state index contributed by atoms with van der Waals surface area (Å²) in [6.45, 7) is 0. The zero-order valence-electron chi connectivity index (χ0n) is 12.9. The van der Waals surface area contributed by atoms with Crippen molar-refractivity contribution in [2.24, 2.45) is 0 Å². The summed E-state index contributed by atoms with van der Waals surface area (Å²) in [5.41, 5.74) is 2.31. The quantitative estimate of drug-likeness (QED) is 0.398. The van der Waals surface area contributed by atoms with E-state index < -0.39 is 10.8 Å². The van der Waals surface area contributed by atoms with Crippen LogP contribution < -0.4 is 0 Å². The van der Waals surface area contributed by atoms with E-state index in [9.17, 15) is 4.21 Å². The summed E-state index contributed by atoms with van der Waals surface area (Å²) >= 11 is 1.70. The number of thioether (sulfide) groups is 1. The molecule has 0 radical (unpaired) electrons. The monoisotopic (exact) mass is 346 g/mol. The highest BCUT2D eigenvalue weighted by Crippen LogP contribution is 2.42. The van der Waals surface area contributed by atoms with Gasteiger partial charge in [0.2, 0.25) is 0 Å². The van der Waals surface area contributed by atoms with Crippen molar-refractivity contribution >= 4 is 44.1 Å². The second kappa shape index (κ2) is 5.47. The van der Waals surface area contributed by atoms with Crippen molar-refractivity contribution in [3.05, 3.63) is 72.8 Å². The summed E-state index contributed by atoms with van der Waals surface area (Å²) < 4.78 is 12.8. The van der Waals surface area contributed by atoms with Gasteiger partial charge in [-0.25, -0.2) is 0 Å². The van der Waals surface area contributed by atoms with E-state index in [4.69, 9.17) is 0 Å². The Hall–Kier alpha value is -2.10. The summed E-state index contributed by atoms with van der Waals surface area (Å²) in [5, 5.41) is 5.41. The molecule has 3 heteroatoms. The molecule has 1 unspecified atom stereocenters. The van der Waals surface area contributed by atoms with E-state index in [0.717, 1.165) is 15.8 Å². The van der Waals surface area contributed by atoms with Gasteiger partial charge in [0, 0.05) is 9.79 Å². The van der Waals surface area contributed by atoms with E-state index in [1.165, 1.54) is 26.6 Å². The van der Waals surface area contributed by atoms with Gasteiger partial charge in [-0.2, -0.15) is 0 Å². The first-order valence-corrected chi connectivity index (χ1v) is 10.2. The van der Waals surface area contributed by atoms with Crippen LogP contribution in [0.5, 0.6) is 0 Å². The van der Waals surface area contributed by atoms with Gasteiger partial charge < -0.3 is 0 Å². The lowest BCUT2D eigenvalue weighted by molar-refractivity contribution is 0.686. The fourth-order valence-corrected chi connectivity index (χ4v) is 6.00. The van der Waals surface area contributed by atoms with Gasteiger partial charge in [-0.05, 0) is 56.9 Å². The first-order chi connectivity index (χ1) is 11.8. The topological polar surface area (TPSA) is 17.1 Å². The molecule has 1 heterocycles. The number of benzene rings is 4. The standard InChI is InChI=1S/C21H14OS2/c22-24-13-23-20-11-16-7-3-1-5-14(16)9-18(20)19-10-15-6-2-4-8-17(15)12-21(19)24/h1-12H,13H2. The van der Waals surface area contributed by atoms with Crippen LogP contribution in [0, 0.1) is 0 Å². The minimum Gasteiger partial charge on any atom is -0.253 e. The molecule has 0 aromatic heterocycles. The lowest BCUT2D eigenvalue weighted by Crippen LogP contribution is -1.94. The van der Waals surface area contributed by atoms with Crippen molar-refractivity contribution in [2.45, 2.75) is 9.79 Å². The minimum absolute atomic E-state index is 0.608. The fraction of sp³-hybridized carbons (Fsp3) is 0.0476. The number of rotatable bonds is 0. The van der Waals surface area contributed by atoms with Gasteiger partial charge in [-0.3, -0.25) is 4.21 Å². The molecular formula is C21H14OS2. The third-order valence-corrected chi connectivity index (χ3v) is 7.36. The second-order valence-electron chi connectivity index (χ2n) is 6.00.